The third kappa shape index (κ3) is 3.52. The van der Waals surface area contributed by atoms with Crippen molar-refractivity contribution in [3.63, 3.8) is 0 Å². The SMILES string of the molecule is Nc1nc(Cl)nc2c1ncn2C1CCC(C(=O)Nc2nc3cc(F)c(F)c(F)c3s2)CC1. The van der Waals surface area contributed by atoms with Crippen molar-refractivity contribution in [1.82, 2.24) is 24.5 Å². The van der Waals surface area contributed by atoms with Crippen molar-refractivity contribution in [2.24, 2.45) is 5.92 Å². The summed E-state index contributed by atoms with van der Waals surface area (Å²) in [5.74, 6) is -4.53. The maximum Gasteiger partial charge on any atom is 0.229 e. The average molecular weight is 482 g/mol. The van der Waals surface area contributed by atoms with Crippen LogP contribution < -0.4 is 11.1 Å². The first-order chi connectivity index (χ1) is 15.3. The zero-order valence-electron chi connectivity index (χ0n) is 16.3. The number of aromatic nitrogens is 5. The molecule has 4 aromatic rings. The van der Waals surface area contributed by atoms with Crippen molar-refractivity contribution in [3.05, 3.63) is 35.1 Å². The highest BCUT2D eigenvalue weighted by molar-refractivity contribution is 7.22. The Morgan fingerprint density at radius 2 is 1.91 bits per heavy atom. The molecule has 8 nitrogen and oxygen atoms in total. The van der Waals surface area contributed by atoms with Gasteiger partial charge in [-0.2, -0.15) is 9.97 Å². The Kier molecular flexibility index (Phi) is 5.13. The van der Waals surface area contributed by atoms with Crippen LogP contribution in [0.2, 0.25) is 5.28 Å². The van der Waals surface area contributed by atoms with Gasteiger partial charge >= 0.3 is 0 Å². The molecule has 0 bridgehead atoms. The number of nitrogens with two attached hydrogens (primary N) is 1. The summed E-state index contributed by atoms with van der Waals surface area (Å²) in [7, 11) is 0. The molecule has 1 aliphatic rings. The predicted molar refractivity (Wildman–Crippen MR) is 114 cm³/mol. The van der Waals surface area contributed by atoms with E-state index in [2.05, 4.69) is 25.3 Å². The molecule has 1 amide bonds. The smallest absolute Gasteiger partial charge is 0.229 e. The number of nitrogen functional groups attached to an aromatic ring is 1. The number of nitrogens with one attached hydrogen (secondary N) is 1. The molecule has 3 heterocycles. The van der Waals surface area contributed by atoms with Crippen LogP contribution in [0.4, 0.5) is 24.1 Å². The lowest BCUT2D eigenvalue weighted by molar-refractivity contribution is -0.120. The lowest BCUT2D eigenvalue weighted by Gasteiger charge is -2.28. The standard InChI is InChI=1S/C19H15ClF3N7OS/c20-18-27-15(24)13-16(28-18)30(6-25-13)8-3-1-7(2-4-8)17(31)29-19-26-10-5-9(21)11(22)12(23)14(10)32-19/h5-8H,1-4H2,(H2,24,27,28)(H,26,29,31). The van der Waals surface area contributed by atoms with E-state index in [0.29, 0.717) is 36.8 Å². The molecule has 3 aromatic heterocycles. The topological polar surface area (TPSA) is 112 Å². The molecule has 32 heavy (non-hydrogen) atoms. The molecule has 0 atom stereocenters. The minimum Gasteiger partial charge on any atom is -0.382 e. The summed E-state index contributed by atoms with van der Waals surface area (Å²) in [6, 6.07) is 0.875. The van der Waals surface area contributed by atoms with Gasteiger partial charge in [-0.05, 0) is 37.3 Å². The second kappa shape index (κ2) is 7.85. The van der Waals surface area contributed by atoms with Gasteiger partial charge in [-0.3, -0.25) is 4.79 Å². The van der Waals surface area contributed by atoms with E-state index >= 15 is 0 Å². The van der Waals surface area contributed by atoms with Gasteiger partial charge in [0.05, 0.1) is 16.5 Å². The van der Waals surface area contributed by atoms with Crippen molar-refractivity contribution < 1.29 is 18.0 Å². The summed E-state index contributed by atoms with van der Waals surface area (Å²) in [6.07, 6.45) is 4.21. The number of thiazole rings is 1. The number of hydrogen-bond donors (Lipinski definition) is 2. The summed E-state index contributed by atoms with van der Waals surface area (Å²) in [6.45, 7) is 0. The Morgan fingerprint density at radius 1 is 1.16 bits per heavy atom. The maximum atomic E-state index is 13.9. The van der Waals surface area contributed by atoms with E-state index < -0.39 is 17.5 Å². The summed E-state index contributed by atoms with van der Waals surface area (Å²) in [5, 5.41) is 2.78. The molecular weight excluding hydrogens is 467 g/mol. The van der Waals surface area contributed by atoms with Gasteiger partial charge in [0.25, 0.3) is 0 Å². The number of imidazole rings is 1. The average Bonchev–Trinajstić information content (AvgIpc) is 3.36. The maximum absolute atomic E-state index is 13.9. The monoisotopic (exact) mass is 481 g/mol. The van der Waals surface area contributed by atoms with Crippen molar-refractivity contribution in [2.45, 2.75) is 31.7 Å². The summed E-state index contributed by atoms with van der Waals surface area (Å²) in [4.78, 5) is 29.1. The number of carbonyl (C=O) groups is 1. The molecule has 3 N–H and O–H groups in total. The highest BCUT2D eigenvalue weighted by atomic mass is 35.5. The molecule has 0 aliphatic heterocycles. The van der Waals surface area contributed by atoms with E-state index in [1.54, 1.807) is 6.33 Å². The van der Waals surface area contributed by atoms with Crippen LogP contribution >= 0.6 is 22.9 Å². The second-order valence-corrected chi connectivity index (χ2v) is 8.89. The lowest BCUT2D eigenvalue weighted by Crippen LogP contribution is -2.28. The molecule has 1 aromatic carbocycles. The van der Waals surface area contributed by atoms with Crippen molar-refractivity contribution in [2.75, 3.05) is 11.1 Å². The van der Waals surface area contributed by atoms with Crippen LogP contribution in [0, 0.1) is 23.4 Å². The van der Waals surface area contributed by atoms with E-state index in [-0.39, 0.29) is 44.3 Å². The van der Waals surface area contributed by atoms with Gasteiger partial charge in [-0.1, -0.05) is 11.3 Å². The highest BCUT2D eigenvalue weighted by Gasteiger charge is 2.29. The van der Waals surface area contributed by atoms with Crippen molar-refractivity contribution in [1.29, 1.82) is 0 Å². The Morgan fingerprint density at radius 3 is 2.66 bits per heavy atom. The number of anilines is 2. The molecule has 1 saturated carbocycles. The van der Waals surface area contributed by atoms with Crippen LogP contribution in [-0.2, 0) is 4.79 Å². The van der Waals surface area contributed by atoms with Crippen LogP contribution in [-0.4, -0.2) is 30.4 Å². The van der Waals surface area contributed by atoms with E-state index in [0.717, 1.165) is 17.4 Å². The van der Waals surface area contributed by atoms with E-state index in [1.807, 2.05) is 4.57 Å². The number of carbonyl (C=O) groups excluding carboxylic acids is 1. The van der Waals surface area contributed by atoms with E-state index in [1.165, 1.54) is 0 Å². The van der Waals surface area contributed by atoms with Crippen LogP contribution in [0.1, 0.15) is 31.7 Å². The van der Waals surface area contributed by atoms with E-state index in [9.17, 15) is 18.0 Å². The zero-order chi connectivity index (χ0) is 22.6. The Labute approximate surface area is 187 Å². The first-order valence-electron chi connectivity index (χ1n) is 9.72. The first-order valence-corrected chi connectivity index (χ1v) is 10.9. The highest BCUT2D eigenvalue weighted by Crippen LogP contribution is 2.36. The normalized spacial score (nSPS) is 19.0. The van der Waals surface area contributed by atoms with Gasteiger partial charge in [0.15, 0.2) is 34.0 Å². The van der Waals surface area contributed by atoms with Gasteiger partial charge in [-0.25, -0.2) is 23.1 Å². The third-order valence-electron chi connectivity index (χ3n) is 5.63. The van der Waals surface area contributed by atoms with Gasteiger partial charge in [0, 0.05) is 18.0 Å². The molecule has 0 unspecified atom stereocenters. The van der Waals surface area contributed by atoms with Crippen molar-refractivity contribution in [3.8, 4) is 0 Å². The fourth-order valence-electron chi connectivity index (χ4n) is 4.03. The quantitative estimate of drug-likeness (QED) is 0.330. The Bertz CT molecular complexity index is 1370. The molecule has 0 saturated heterocycles. The number of hydrogen-bond acceptors (Lipinski definition) is 7. The number of halogens is 4. The van der Waals surface area contributed by atoms with Crippen molar-refractivity contribution >= 4 is 61.2 Å². The minimum absolute atomic E-state index is 0.0387. The number of rotatable bonds is 3. The first kappa shape index (κ1) is 20.9. The molecule has 5 rings (SSSR count). The Balaban J connectivity index is 1.28. The summed E-state index contributed by atoms with van der Waals surface area (Å²) < 4.78 is 42.5. The van der Waals surface area contributed by atoms with Gasteiger partial charge in [-0.15, -0.1) is 0 Å². The van der Waals surface area contributed by atoms with Crippen LogP contribution in [0.3, 0.4) is 0 Å². The molecule has 0 radical (unpaired) electrons. The molecule has 1 fully saturated rings. The molecule has 1 aliphatic carbocycles. The fourth-order valence-corrected chi connectivity index (χ4v) is 5.08. The third-order valence-corrected chi connectivity index (χ3v) is 6.78. The number of nitrogens with zero attached hydrogens (tertiary/aromatic N) is 5. The number of amides is 1. The molecule has 0 spiro atoms. The minimum atomic E-state index is -1.56. The van der Waals surface area contributed by atoms with Gasteiger partial charge < -0.3 is 15.6 Å². The second-order valence-electron chi connectivity index (χ2n) is 7.55. The van der Waals surface area contributed by atoms with Crippen LogP contribution in [0.25, 0.3) is 21.4 Å². The molecule has 166 valence electrons. The summed E-state index contributed by atoms with van der Waals surface area (Å²) >= 11 is 6.69. The number of fused-ring (bicyclic) bond motifs is 2. The largest absolute Gasteiger partial charge is 0.382 e. The van der Waals surface area contributed by atoms with Gasteiger partial charge in [0.1, 0.15) is 5.52 Å². The number of benzene rings is 1. The fraction of sp³-hybridized carbons (Fsp3) is 0.316. The van der Waals surface area contributed by atoms with E-state index in [4.69, 9.17) is 17.3 Å². The summed E-state index contributed by atoms with van der Waals surface area (Å²) in [5.41, 5.74) is 6.83. The Hall–Kier alpha value is -2.99. The molecule has 13 heteroatoms. The molecular formula is C19H15ClF3N7OS. The van der Waals surface area contributed by atoms with Gasteiger partial charge in [0.2, 0.25) is 11.2 Å². The van der Waals surface area contributed by atoms with Crippen LogP contribution in [0.15, 0.2) is 12.4 Å². The van der Waals surface area contributed by atoms with Crippen LogP contribution in [0.5, 0.6) is 0 Å². The zero-order valence-corrected chi connectivity index (χ0v) is 17.9. The lowest BCUT2D eigenvalue weighted by atomic mass is 9.85. The predicted octanol–water partition coefficient (Wildman–Crippen LogP) is 4.46.